The van der Waals surface area contributed by atoms with Gasteiger partial charge in [-0.05, 0) is 52.3 Å². The number of pyridine rings is 1. The largest absolute Gasteiger partial charge is 0.461 e. The van der Waals surface area contributed by atoms with E-state index in [0.717, 1.165) is 11.3 Å². The van der Waals surface area contributed by atoms with Crippen LogP contribution in [0.3, 0.4) is 0 Å². The predicted molar refractivity (Wildman–Crippen MR) is 102 cm³/mol. The molecular formula is C20H26N4O4. The summed E-state index contributed by atoms with van der Waals surface area (Å²) in [5, 5.41) is 4.49. The number of aryl methyl sites for hydroxylation is 1. The van der Waals surface area contributed by atoms with Crippen molar-refractivity contribution in [1.82, 2.24) is 19.7 Å². The van der Waals surface area contributed by atoms with E-state index in [-0.39, 0.29) is 18.8 Å². The Hall–Kier alpha value is -2.90. The smallest absolute Gasteiger partial charge is 0.410 e. The van der Waals surface area contributed by atoms with Crippen LogP contribution in [0, 0.1) is 6.92 Å². The van der Waals surface area contributed by atoms with Gasteiger partial charge in [0.25, 0.3) is 0 Å². The molecule has 0 aliphatic carbocycles. The molecule has 28 heavy (non-hydrogen) atoms. The van der Waals surface area contributed by atoms with Crippen LogP contribution in [0.2, 0.25) is 0 Å². The van der Waals surface area contributed by atoms with Crippen molar-refractivity contribution in [3.05, 3.63) is 40.8 Å². The maximum absolute atomic E-state index is 12.5. The Morgan fingerprint density at radius 1 is 1.29 bits per heavy atom. The van der Waals surface area contributed by atoms with E-state index in [9.17, 15) is 9.59 Å². The summed E-state index contributed by atoms with van der Waals surface area (Å²) < 4.78 is 12.3. The highest BCUT2D eigenvalue weighted by molar-refractivity contribution is 5.89. The number of carbonyl (C=O) groups excluding carboxylic acids is 2. The van der Waals surface area contributed by atoms with Crippen molar-refractivity contribution >= 4 is 12.1 Å². The first-order valence-electron chi connectivity index (χ1n) is 9.38. The van der Waals surface area contributed by atoms with E-state index >= 15 is 0 Å². The molecule has 0 spiro atoms. The number of esters is 1. The van der Waals surface area contributed by atoms with Crippen LogP contribution in [0.15, 0.2) is 18.3 Å². The molecule has 1 aliphatic heterocycles. The molecule has 0 N–H and O–H groups in total. The van der Waals surface area contributed by atoms with Gasteiger partial charge in [-0.15, -0.1) is 0 Å². The normalized spacial score (nSPS) is 13.8. The van der Waals surface area contributed by atoms with Crippen molar-refractivity contribution in [2.45, 2.75) is 53.2 Å². The lowest BCUT2D eigenvalue weighted by Gasteiger charge is -2.30. The fourth-order valence-corrected chi connectivity index (χ4v) is 3.09. The first-order chi connectivity index (χ1) is 13.2. The van der Waals surface area contributed by atoms with Crippen molar-refractivity contribution in [2.24, 2.45) is 0 Å². The minimum absolute atomic E-state index is 0.216. The van der Waals surface area contributed by atoms with Gasteiger partial charge in [0.1, 0.15) is 5.60 Å². The standard InChI is InChI=1S/C20H26N4O4/c1-6-27-18(25)17-14-12-23(19(26)28-20(3,4)5)10-8-15(14)24(22-17)16-11-13(2)7-9-21-16/h7,9,11H,6,8,10,12H2,1-5H3. The van der Waals surface area contributed by atoms with Crippen LogP contribution in [-0.2, 0) is 22.4 Å². The van der Waals surface area contributed by atoms with Crippen molar-refractivity contribution in [3.63, 3.8) is 0 Å². The summed E-state index contributed by atoms with van der Waals surface area (Å²) in [6, 6.07) is 3.80. The molecule has 0 fully saturated rings. The monoisotopic (exact) mass is 386 g/mol. The minimum atomic E-state index is -0.586. The fourth-order valence-electron chi connectivity index (χ4n) is 3.09. The zero-order chi connectivity index (χ0) is 20.5. The molecule has 1 amide bonds. The molecule has 8 nitrogen and oxygen atoms in total. The molecule has 3 heterocycles. The second kappa shape index (κ2) is 7.61. The Bertz CT molecular complexity index is 898. The quantitative estimate of drug-likeness (QED) is 0.754. The second-order valence-corrected chi connectivity index (χ2v) is 7.75. The van der Waals surface area contributed by atoms with Crippen molar-refractivity contribution in [2.75, 3.05) is 13.2 Å². The van der Waals surface area contributed by atoms with Crippen LogP contribution in [-0.4, -0.2) is 50.5 Å². The third-order valence-corrected chi connectivity index (χ3v) is 4.30. The number of aromatic nitrogens is 3. The molecule has 0 saturated heterocycles. The molecule has 0 atom stereocenters. The van der Waals surface area contributed by atoms with Gasteiger partial charge in [0.15, 0.2) is 11.5 Å². The van der Waals surface area contributed by atoms with Crippen LogP contribution >= 0.6 is 0 Å². The Labute approximate surface area is 164 Å². The van der Waals surface area contributed by atoms with E-state index in [2.05, 4.69) is 10.1 Å². The van der Waals surface area contributed by atoms with Crippen LogP contribution in [0.25, 0.3) is 5.82 Å². The summed E-state index contributed by atoms with van der Waals surface area (Å²) in [6.45, 7) is 10.2. The molecule has 0 unspecified atom stereocenters. The van der Waals surface area contributed by atoms with Crippen molar-refractivity contribution in [1.29, 1.82) is 0 Å². The molecule has 0 saturated carbocycles. The van der Waals surface area contributed by atoms with E-state index < -0.39 is 17.7 Å². The SMILES string of the molecule is CCOC(=O)c1nn(-c2cc(C)ccn2)c2c1CN(C(=O)OC(C)(C)C)CC2. The molecular weight excluding hydrogens is 360 g/mol. The second-order valence-electron chi connectivity index (χ2n) is 7.75. The van der Waals surface area contributed by atoms with Crippen LogP contribution in [0.1, 0.15) is 55.0 Å². The van der Waals surface area contributed by atoms with Crippen LogP contribution < -0.4 is 0 Å². The predicted octanol–water partition coefficient (Wildman–Crippen LogP) is 3.05. The van der Waals surface area contributed by atoms with Crippen molar-refractivity contribution < 1.29 is 19.1 Å². The van der Waals surface area contributed by atoms with E-state index in [4.69, 9.17) is 9.47 Å². The minimum Gasteiger partial charge on any atom is -0.461 e. The average molecular weight is 386 g/mol. The average Bonchev–Trinajstić information content (AvgIpc) is 2.99. The van der Waals surface area contributed by atoms with E-state index in [1.54, 1.807) is 22.7 Å². The van der Waals surface area contributed by atoms with E-state index in [1.807, 2.05) is 39.8 Å². The maximum Gasteiger partial charge on any atom is 0.410 e. The van der Waals surface area contributed by atoms with Crippen LogP contribution in [0.5, 0.6) is 0 Å². The zero-order valence-electron chi connectivity index (χ0n) is 17.0. The van der Waals surface area contributed by atoms with Gasteiger partial charge in [0, 0.05) is 24.7 Å². The Kier molecular flexibility index (Phi) is 5.40. The molecule has 0 bridgehead atoms. The number of rotatable bonds is 3. The molecule has 8 heteroatoms. The third-order valence-electron chi connectivity index (χ3n) is 4.30. The highest BCUT2D eigenvalue weighted by Crippen LogP contribution is 2.27. The van der Waals surface area contributed by atoms with Gasteiger partial charge < -0.3 is 14.4 Å². The van der Waals surface area contributed by atoms with Gasteiger partial charge in [-0.2, -0.15) is 5.10 Å². The van der Waals surface area contributed by atoms with Gasteiger partial charge in [-0.25, -0.2) is 19.3 Å². The number of fused-ring (bicyclic) bond motifs is 1. The Balaban J connectivity index is 1.99. The lowest BCUT2D eigenvalue weighted by atomic mass is 10.1. The first kappa shape index (κ1) is 19.9. The highest BCUT2D eigenvalue weighted by atomic mass is 16.6. The Morgan fingerprint density at radius 3 is 2.68 bits per heavy atom. The molecule has 0 radical (unpaired) electrons. The van der Waals surface area contributed by atoms with Crippen LogP contribution in [0.4, 0.5) is 4.79 Å². The summed E-state index contributed by atoms with van der Waals surface area (Å²) in [4.78, 5) is 31.0. The molecule has 2 aromatic rings. The number of carbonyl (C=O) groups is 2. The highest BCUT2D eigenvalue weighted by Gasteiger charge is 2.33. The van der Waals surface area contributed by atoms with E-state index in [0.29, 0.717) is 24.3 Å². The molecule has 3 rings (SSSR count). The number of amides is 1. The maximum atomic E-state index is 12.5. The fraction of sp³-hybridized carbons (Fsp3) is 0.500. The van der Waals surface area contributed by atoms with Crippen molar-refractivity contribution in [3.8, 4) is 5.82 Å². The van der Waals surface area contributed by atoms with Gasteiger partial charge in [-0.3, -0.25) is 0 Å². The summed E-state index contributed by atoms with van der Waals surface area (Å²) in [6.07, 6.45) is 1.84. The van der Waals surface area contributed by atoms with Gasteiger partial charge in [0.05, 0.1) is 18.8 Å². The summed E-state index contributed by atoms with van der Waals surface area (Å²) in [7, 11) is 0. The first-order valence-corrected chi connectivity index (χ1v) is 9.38. The summed E-state index contributed by atoms with van der Waals surface area (Å²) in [5.74, 6) is 0.133. The summed E-state index contributed by atoms with van der Waals surface area (Å²) >= 11 is 0. The molecule has 2 aromatic heterocycles. The van der Waals surface area contributed by atoms with Gasteiger partial charge in [-0.1, -0.05) is 0 Å². The number of hydrogen-bond acceptors (Lipinski definition) is 6. The molecule has 1 aliphatic rings. The Morgan fingerprint density at radius 2 is 2.04 bits per heavy atom. The van der Waals surface area contributed by atoms with Gasteiger partial charge >= 0.3 is 12.1 Å². The lowest BCUT2D eigenvalue weighted by molar-refractivity contribution is 0.0219. The summed E-state index contributed by atoms with van der Waals surface area (Å²) in [5.41, 5.74) is 2.21. The molecule has 150 valence electrons. The zero-order valence-corrected chi connectivity index (χ0v) is 17.0. The third kappa shape index (κ3) is 4.16. The lowest BCUT2D eigenvalue weighted by Crippen LogP contribution is -2.40. The van der Waals surface area contributed by atoms with E-state index in [1.165, 1.54) is 0 Å². The number of ether oxygens (including phenoxy) is 2. The topological polar surface area (TPSA) is 86.5 Å². The number of hydrogen-bond donors (Lipinski definition) is 0. The molecule has 0 aromatic carbocycles. The number of nitrogens with zero attached hydrogens (tertiary/aromatic N) is 4. The van der Waals surface area contributed by atoms with Gasteiger partial charge in [0.2, 0.25) is 0 Å².